The number of halogens is 1. The maximum Gasteiger partial charge on any atom is 0.123 e. The molecule has 2 fully saturated rings. The molecule has 0 unspecified atom stereocenters. The number of hydrogen-bond donors (Lipinski definition) is 1. The molecule has 5 rings (SSSR count). The quantitative estimate of drug-likeness (QED) is 0.584. The van der Waals surface area contributed by atoms with Crippen LogP contribution < -0.4 is 0 Å². The Morgan fingerprint density at radius 1 is 1.11 bits per heavy atom. The minimum atomic E-state index is -0.125. The summed E-state index contributed by atoms with van der Waals surface area (Å²) in [6.45, 7) is 4.26. The molecule has 0 amide bonds. The number of hydrogen-bond acceptors (Lipinski definition) is 1. The SMILES string of the molecule is Cc1cc(C2CC2)c(CN2CCCC[C@H]2c2cccc(F)c2)c2cc[nH]c12. The fourth-order valence-electron chi connectivity index (χ4n) is 4.90. The van der Waals surface area contributed by atoms with Gasteiger partial charge in [0.15, 0.2) is 0 Å². The molecule has 1 saturated carbocycles. The van der Waals surface area contributed by atoms with Crippen LogP contribution in [-0.2, 0) is 6.54 Å². The number of aryl methyl sites for hydroxylation is 1. The molecule has 1 aliphatic heterocycles. The van der Waals surface area contributed by atoms with Crippen molar-refractivity contribution in [1.82, 2.24) is 9.88 Å². The molecule has 1 saturated heterocycles. The fraction of sp³-hybridized carbons (Fsp3) is 0.417. The first-order chi connectivity index (χ1) is 13.2. The van der Waals surface area contributed by atoms with Crippen molar-refractivity contribution < 1.29 is 4.39 Å². The van der Waals surface area contributed by atoms with Gasteiger partial charge >= 0.3 is 0 Å². The molecule has 0 spiro atoms. The first kappa shape index (κ1) is 17.0. The number of H-pyrrole nitrogens is 1. The summed E-state index contributed by atoms with van der Waals surface area (Å²) in [7, 11) is 0. The molecule has 27 heavy (non-hydrogen) atoms. The highest BCUT2D eigenvalue weighted by Crippen LogP contribution is 2.45. The number of benzene rings is 2. The summed E-state index contributed by atoms with van der Waals surface area (Å²) in [6.07, 6.45) is 8.27. The van der Waals surface area contributed by atoms with Crippen molar-refractivity contribution in [1.29, 1.82) is 0 Å². The van der Waals surface area contributed by atoms with Crippen molar-refractivity contribution in [3.05, 3.63) is 70.7 Å². The second-order valence-corrected chi connectivity index (χ2v) is 8.34. The van der Waals surface area contributed by atoms with Gasteiger partial charge in [-0.05, 0) is 85.5 Å². The van der Waals surface area contributed by atoms with Crippen molar-refractivity contribution in [3.8, 4) is 0 Å². The zero-order chi connectivity index (χ0) is 18.4. The first-order valence-corrected chi connectivity index (χ1v) is 10.3. The lowest BCUT2D eigenvalue weighted by atomic mass is 9.92. The third-order valence-corrected chi connectivity index (χ3v) is 6.41. The number of aromatic amines is 1. The second-order valence-electron chi connectivity index (χ2n) is 8.34. The van der Waals surface area contributed by atoms with Gasteiger partial charge in [-0.1, -0.05) is 24.6 Å². The van der Waals surface area contributed by atoms with Crippen LogP contribution in [0.25, 0.3) is 10.9 Å². The minimum absolute atomic E-state index is 0.125. The summed E-state index contributed by atoms with van der Waals surface area (Å²) in [4.78, 5) is 6.02. The number of fused-ring (bicyclic) bond motifs is 1. The zero-order valence-corrected chi connectivity index (χ0v) is 16.0. The van der Waals surface area contributed by atoms with E-state index in [0.717, 1.165) is 31.0 Å². The van der Waals surface area contributed by atoms with Crippen molar-refractivity contribution >= 4 is 10.9 Å². The van der Waals surface area contributed by atoms with Gasteiger partial charge in [0.1, 0.15) is 5.82 Å². The molecule has 2 aliphatic rings. The molecule has 0 bridgehead atoms. The molecule has 1 aliphatic carbocycles. The molecule has 3 heteroatoms. The molecule has 1 N–H and O–H groups in total. The van der Waals surface area contributed by atoms with E-state index in [9.17, 15) is 4.39 Å². The lowest BCUT2D eigenvalue weighted by molar-refractivity contribution is 0.140. The monoisotopic (exact) mass is 362 g/mol. The molecule has 2 heterocycles. The standard InChI is InChI=1S/C24H27FN2/c1-16-13-21(17-8-9-17)22(20-10-11-26-24(16)20)15-27-12-3-2-7-23(27)18-5-4-6-19(25)14-18/h4-6,10-11,13-14,17,23,26H,2-3,7-9,12,15H2,1H3/t23-/m0/s1. The summed E-state index contributed by atoms with van der Waals surface area (Å²) in [6, 6.07) is 12.2. The molecule has 0 radical (unpaired) electrons. The number of nitrogens with one attached hydrogen (secondary N) is 1. The van der Waals surface area contributed by atoms with Crippen molar-refractivity contribution in [2.75, 3.05) is 6.54 Å². The van der Waals surface area contributed by atoms with E-state index in [1.165, 1.54) is 47.7 Å². The van der Waals surface area contributed by atoms with Gasteiger partial charge in [0, 0.05) is 29.7 Å². The van der Waals surface area contributed by atoms with E-state index < -0.39 is 0 Å². The summed E-state index contributed by atoms with van der Waals surface area (Å²) in [5.41, 5.74) is 6.78. The minimum Gasteiger partial charge on any atom is -0.361 e. The number of rotatable bonds is 4. The van der Waals surface area contributed by atoms with Gasteiger partial charge in [-0.3, -0.25) is 4.90 Å². The van der Waals surface area contributed by atoms with E-state index in [1.54, 1.807) is 17.7 Å². The lowest BCUT2D eigenvalue weighted by Gasteiger charge is -2.37. The average molecular weight is 362 g/mol. The molecule has 2 nitrogen and oxygen atoms in total. The Morgan fingerprint density at radius 2 is 2.00 bits per heavy atom. The molecule has 2 aromatic carbocycles. The maximum atomic E-state index is 13.8. The highest BCUT2D eigenvalue weighted by Gasteiger charge is 2.30. The van der Waals surface area contributed by atoms with E-state index in [2.05, 4.69) is 41.2 Å². The Balaban J connectivity index is 1.54. The average Bonchev–Trinajstić information content (AvgIpc) is 3.40. The number of likely N-dealkylation sites (tertiary alicyclic amines) is 1. The van der Waals surface area contributed by atoms with Crippen LogP contribution in [0, 0.1) is 12.7 Å². The van der Waals surface area contributed by atoms with Crippen molar-refractivity contribution in [2.24, 2.45) is 0 Å². The van der Waals surface area contributed by atoms with Crippen LogP contribution in [0.5, 0.6) is 0 Å². The Labute approximate surface area is 160 Å². The van der Waals surface area contributed by atoms with Gasteiger partial charge in [-0.15, -0.1) is 0 Å². The summed E-state index contributed by atoms with van der Waals surface area (Å²) in [5.74, 6) is 0.607. The second kappa shape index (κ2) is 6.79. The van der Waals surface area contributed by atoms with E-state index in [-0.39, 0.29) is 5.82 Å². The molecule has 1 aromatic heterocycles. The van der Waals surface area contributed by atoms with Crippen LogP contribution in [0.1, 0.15) is 66.3 Å². The predicted molar refractivity (Wildman–Crippen MR) is 108 cm³/mol. The molecular formula is C24H27FN2. The molecular weight excluding hydrogens is 335 g/mol. The van der Waals surface area contributed by atoms with Gasteiger partial charge in [-0.2, -0.15) is 0 Å². The summed E-state index contributed by atoms with van der Waals surface area (Å²) in [5, 5.41) is 1.38. The fourth-order valence-corrected chi connectivity index (χ4v) is 4.90. The van der Waals surface area contributed by atoms with Gasteiger partial charge in [-0.25, -0.2) is 4.39 Å². The van der Waals surface area contributed by atoms with Gasteiger partial charge in [0.2, 0.25) is 0 Å². The highest BCUT2D eigenvalue weighted by molar-refractivity contribution is 5.87. The van der Waals surface area contributed by atoms with Crippen molar-refractivity contribution in [2.45, 2.75) is 57.5 Å². The van der Waals surface area contributed by atoms with Crippen molar-refractivity contribution in [3.63, 3.8) is 0 Å². The van der Waals surface area contributed by atoms with Crippen LogP contribution in [-0.4, -0.2) is 16.4 Å². The Hall–Kier alpha value is -2.13. The maximum absolute atomic E-state index is 13.8. The Bertz CT molecular complexity index is 970. The number of aromatic nitrogens is 1. The topological polar surface area (TPSA) is 19.0 Å². The first-order valence-electron chi connectivity index (χ1n) is 10.3. The highest BCUT2D eigenvalue weighted by atomic mass is 19.1. The predicted octanol–water partition coefficient (Wildman–Crippen LogP) is 6.22. The van der Waals surface area contributed by atoms with Gasteiger partial charge in [0.05, 0.1) is 0 Å². The van der Waals surface area contributed by atoms with Crippen LogP contribution in [0.3, 0.4) is 0 Å². The van der Waals surface area contributed by atoms with Crippen LogP contribution in [0.2, 0.25) is 0 Å². The van der Waals surface area contributed by atoms with E-state index >= 15 is 0 Å². The van der Waals surface area contributed by atoms with Gasteiger partial charge < -0.3 is 4.98 Å². The molecule has 1 atom stereocenters. The molecule has 3 aromatic rings. The van der Waals surface area contributed by atoms with Crippen LogP contribution in [0.4, 0.5) is 4.39 Å². The van der Waals surface area contributed by atoms with E-state index in [1.807, 2.05) is 6.07 Å². The van der Waals surface area contributed by atoms with E-state index in [4.69, 9.17) is 0 Å². The Morgan fingerprint density at radius 3 is 2.81 bits per heavy atom. The van der Waals surface area contributed by atoms with Crippen LogP contribution >= 0.6 is 0 Å². The summed E-state index contributed by atoms with van der Waals surface area (Å²) < 4.78 is 13.8. The smallest absolute Gasteiger partial charge is 0.123 e. The Kier molecular flexibility index (Phi) is 4.28. The lowest BCUT2D eigenvalue weighted by Crippen LogP contribution is -2.33. The van der Waals surface area contributed by atoms with Gasteiger partial charge in [0.25, 0.3) is 0 Å². The summed E-state index contributed by atoms with van der Waals surface area (Å²) >= 11 is 0. The third-order valence-electron chi connectivity index (χ3n) is 6.41. The number of piperidine rings is 1. The number of nitrogens with zero attached hydrogens (tertiary/aromatic N) is 1. The largest absolute Gasteiger partial charge is 0.361 e. The third kappa shape index (κ3) is 3.19. The van der Waals surface area contributed by atoms with Crippen LogP contribution in [0.15, 0.2) is 42.6 Å². The zero-order valence-electron chi connectivity index (χ0n) is 16.0. The normalized spacial score (nSPS) is 21.0. The molecule has 140 valence electrons. The van der Waals surface area contributed by atoms with E-state index in [0.29, 0.717) is 6.04 Å².